The first-order chi connectivity index (χ1) is 12.6. The highest BCUT2D eigenvalue weighted by Crippen LogP contribution is 2.21. The topological polar surface area (TPSA) is 15.7 Å². The van der Waals surface area contributed by atoms with E-state index in [2.05, 4.69) is 79.5 Å². The van der Waals surface area contributed by atoms with Crippen LogP contribution in [-0.4, -0.2) is 57.2 Å². The Labute approximate surface area is 183 Å². The lowest BCUT2D eigenvalue weighted by molar-refractivity contribution is 0.259. The van der Waals surface area contributed by atoms with Crippen LogP contribution in [-0.2, 0) is 0 Å². The monoisotopic (exact) mass is 424 g/mol. The van der Waals surface area contributed by atoms with Gasteiger partial charge in [-0.2, -0.15) is 0 Å². The average Bonchev–Trinajstić information content (AvgIpc) is 2.66. The number of nitrogens with zero attached hydrogens (tertiary/aromatic N) is 2. The minimum atomic E-state index is 0. The summed E-state index contributed by atoms with van der Waals surface area (Å²) in [4.78, 5) is 4.61. The van der Waals surface area contributed by atoms with Crippen LogP contribution in [0.1, 0.15) is 24.0 Å². The summed E-state index contributed by atoms with van der Waals surface area (Å²) in [5.74, 6) is 0.959. The molecule has 0 heterocycles. The second-order valence-corrected chi connectivity index (χ2v) is 6.94. The summed E-state index contributed by atoms with van der Waals surface area (Å²) >= 11 is 0. The van der Waals surface area contributed by atoms with Gasteiger partial charge in [0, 0.05) is 18.7 Å². The van der Waals surface area contributed by atoms with Gasteiger partial charge >= 0.3 is 0 Å². The first-order valence-corrected chi connectivity index (χ1v) is 9.43. The van der Waals surface area contributed by atoms with E-state index in [0.717, 1.165) is 50.4 Å². The Hall–Kier alpha value is -1.52. The number of likely N-dealkylation sites (N-methyl/N-ethyl adjacent to an activating group) is 2. The largest absolute Gasteiger partial charge is 0.493 e. The van der Waals surface area contributed by atoms with Crippen LogP contribution < -0.4 is 4.74 Å². The van der Waals surface area contributed by atoms with Crippen LogP contribution in [0.3, 0.4) is 0 Å². The summed E-state index contributed by atoms with van der Waals surface area (Å²) in [7, 11) is 6.42. The van der Waals surface area contributed by atoms with E-state index >= 15 is 0 Å². The third-order valence-corrected chi connectivity index (χ3v) is 4.29. The van der Waals surface area contributed by atoms with Gasteiger partial charge in [-0.15, -0.1) is 24.8 Å². The van der Waals surface area contributed by atoms with Gasteiger partial charge in [0.25, 0.3) is 0 Å². The van der Waals surface area contributed by atoms with Crippen molar-refractivity contribution in [3.63, 3.8) is 0 Å². The number of ether oxygens (including phenoxy) is 1. The van der Waals surface area contributed by atoms with E-state index in [1.165, 1.54) is 5.56 Å². The van der Waals surface area contributed by atoms with Crippen LogP contribution >= 0.6 is 24.8 Å². The van der Waals surface area contributed by atoms with Gasteiger partial charge < -0.3 is 14.5 Å². The smallest absolute Gasteiger partial charge is 0.126 e. The Morgan fingerprint density at radius 3 is 2.14 bits per heavy atom. The molecule has 0 bridgehead atoms. The van der Waals surface area contributed by atoms with Crippen LogP contribution in [0.5, 0.6) is 5.75 Å². The molecular weight excluding hydrogens is 391 g/mol. The molecule has 2 aromatic rings. The van der Waals surface area contributed by atoms with E-state index in [1.54, 1.807) is 0 Å². The predicted molar refractivity (Wildman–Crippen MR) is 127 cm³/mol. The van der Waals surface area contributed by atoms with Gasteiger partial charge in [0.05, 0.1) is 6.61 Å². The first-order valence-electron chi connectivity index (χ1n) is 9.43. The first kappa shape index (κ1) is 26.5. The van der Waals surface area contributed by atoms with Gasteiger partial charge in [-0.25, -0.2) is 0 Å². The average molecular weight is 425 g/mol. The van der Waals surface area contributed by atoms with Crippen molar-refractivity contribution in [3.05, 3.63) is 65.7 Å². The van der Waals surface area contributed by atoms with Crippen molar-refractivity contribution in [2.24, 2.45) is 0 Å². The lowest BCUT2D eigenvalue weighted by atomic mass is 10.1. The molecule has 3 nitrogen and oxygen atoms in total. The minimum Gasteiger partial charge on any atom is -0.493 e. The number of hydrogen-bond acceptors (Lipinski definition) is 3. The predicted octanol–water partition coefficient (Wildman–Crippen LogP) is 5.35. The quantitative estimate of drug-likeness (QED) is 0.356. The maximum Gasteiger partial charge on any atom is 0.126 e. The Bertz CT molecular complexity index is 663. The van der Waals surface area contributed by atoms with Crippen molar-refractivity contribution in [2.75, 3.05) is 47.4 Å². The molecule has 0 spiro atoms. The van der Waals surface area contributed by atoms with Gasteiger partial charge in [0.1, 0.15) is 5.75 Å². The minimum absolute atomic E-state index is 0. The highest BCUT2D eigenvalue weighted by atomic mass is 35.5. The maximum atomic E-state index is 6.03. The molecule has 0 radical (unpaired) electrons. The molecule has 0 atom stereocenters. The van der Waals surface area contributed by atoms with Crippen LogP contribution in [0, 0.1) is 0 Å². The number of rotatable bonds is 11. The van der Waals surface area contributed by atoms with Crippen molar-refractivity contribution in [2.45, 2.75) is 12.8 Å². The van der Waals surface area contributed by atoms with Gasteiger partial charge in [-0.3, -0.25) is 0 Å². The number of unbranched alkanes of at least 4 members (excludes halogenated alkanes) is 1. The maximum absolute atomic E-state index is 6.03. The molecule has 0 N–H and O–H groups in total. The fourth-order valence-corrected chi connectivity index (χ4v) is 2.65. The molecule has 0 aliphatic carbocycles. The second kappa shape index (κ2) is 15.4. The lowest BCUT2D eigenvalue weighted by Gasteiger charge is -2.19. The van der Waals surface area contributed by atoms with Gasteiger partial charge in [-0.1, -0.05) is 60.7 Å². The normalized spacial score (nSPS) is 10.8. The van der Waals surface area contributed by atoms with Gasteiger partial charge in [-0.05, 0) is 52.2 Å². The van der Waals surface area contributed by atoms with Crippen LogP contribution in [0.2, 0.25) is 0 Å². The molecule has 0 unspecified atom stereocenters. The zero-order chi connectivity index (χ0) is 18.6. The van der Waals surface area contributed by atoms with Crippen LogP contribution in [0.25, 0.3) is 12.2 Å². The van der Waals surface area contributed by atoms with Gasteiger partial charge in [0.15, 0.2) is 0 Å². The Balaban J connectivity index is 0.00000364. The van der Waals surface area contributed by atoms with Crippen molar-refractivity contribution in [1.82, 2.24) is 9.80 Å². The summed E-state index contributed by atoms with van der Waals surface area (Å²) in [6.45, 7) is 4.10. The molecule has 0 fully saturated rings. The van der Waals surface area contributed by atoms with Crippen molar-refractivity contribution >= 4 is 37.0 Å². The molecule has 2 aromatic carbocycles. The summed E-state index contributed by atoms with van der Waals surface area (Å²) in [5.41, 5.74) is 2.32. The summed E-state index contributed by atoms with van der Waals surface area (Å²) in [6, 6.07) is 18.6. The molecule has 0 amide bonds. The zero-order valence-electron chi connectivity index (χ0n) is 17.2. The van der Waals surface area contributed by atoms with Crippen molar-refractivity contribution < 1.29 is 4.74 Å². The number of halogens is 2. The molecule has 0 aromatic heterocycles. The Kier molecular flexibility index (Phi) is 14.6. The summed E-state index contributed by atoms with van der Waals surface area (Å²) in [5, 5.41) is 0. The zero-order valence-corrected chi connectivity index (χ0v) is 18.8. The fraction of sp³-hybridized carbons (Fsp3) is 0.391. The molecule has 5 heteroatoms. The molecule has 0 aliphatic heterocycles. The molecule has 156 valence electrons. The number of para-hydroxylation sites is 1. The fourth-order valence-electron chi connectivity index (χ4n) is 2.65. The van der Waals surface area contributed by atoms with E-state index in [9.17, 15) is 0 Å². The third kappa shape index (κ3) is 10.7. The van der Waals surface area contributed by atoms with Crippen molar-refractivity contribution in [3.8, 4) is 5.75 Å². The van der Waals surface area contributed by atoms with E-state index in [4.69, 9.17) is 4.74 Å². The second-order valence-electron chi connectivity index (χ2n) is 6.94. The SMILES string of the molecule is CN(C)CCN(C)CCCCOc1ccccc1/C=C/c1ccccc1.Cl.Cl. The highest BCUT2D eigenvalue weighted by molar-refractivity contribution is 5.85. The molecule has 0 saturated heterocycles. The Morgan fingerprint density at radius 1 is 0.750 bits per heavy atom. The molecule has 0 saturated carbocycles. The molecule has 2 rings (SSSR count). The number of benzene rings is 2. The summed E-state index contributed by atoms with van der Waals surface area (Å²) < 4.78 is 6.03. The third-order valence-electron chi connectivity index (χ3n) is 4.29. The highest BCUT2D eigenvalue weighted by Gasteiger charge is 2.02. The van der Waals surface area contributed by atoms with E-state index < -0.39 is 0 Å². The summed E-state index contributed by atoms with van der Waals surface area (Å²) in [6.07, 6.45) is 6.48. The van der Waals surface area contributed by atoms with E-state index in [-0.39, 0.29) is 24.8 Å². The van der Waals surface area contributed by atoms with Crippen LogP contribution in [0.15, 0.2) is 54.6 Å². The molecular formula is C23H34Cl2N2O. The molecule has 0 aliphatic rings. The Morgan fingerprint density at radius 2 is 1.43 bits per heavy atom. The van der Waals surface area contributed by atoms with E-state index in [1.807, 2.05) is 18.2 Å². The standard InChI is InChI=1S/C23H32N2O.2ClH/c1-24(2)18-19-25(3)17-9-10-20-26-23-14-8-7-13-22(23)16-15-21-11-5-4-6-12-21;;/h4-8,11-16H,9-10,17-20H2,1-3H3;2*1H/b16-15+;;. The molecule has 28 heavy (non-hydrogen) atoms. The van der Waals surface area contributed by atoms with Crippen LogP contribution in [0.4, 0.5) is 0 Å². The lowest BCUT2D eigenvalue weighted by Crippen LogP contribution is -2.29. The number of hydrogen-bond donors (Lipinski definition) is 0. The van der Waals surface area contributed by atoms with E-state index in [0.29, 0.717) is 0 Å². The van der Waals surface area contributed by atoms with Crippen molar-refractivity contribution in [1.29, 1.82) is 0 Å². The van der Waals surface area contributed by atoms with Gasteiger partial charge in [0.2, 0.25) is 0 Å².